The molecule has 1 aliphatic carbocycles. The molecule has 1 saturated carbocycles. The Balaban J connectivity index is 2.20. The average Bonchev–Trinajstić information content (AvgIpc) is 2.39. The van der Waals surface area contributed by atoms with Crippen molar-refractivity contribution in [2.75, 3.05) is 11.5 Å². The van der Waals surface area contributed by atoms with E-state index in [1.807, 2.05) is 6.92 Å². The van der Waals surface area contributed by atoms with Crippen molar-refractivity contribution in [3.05, 3.63) is 0 Å². The topological polar surface area (TPSA) is 0 Å². The van der Waals surface area contributed by atoms with E-state index in [0.717, 1.165) is 16.4 Å². The number of hydrogen-bond acceptors (Lipinski definition) is 2. The summed E-state index contributed by atoms with van der Waals surface area (Å²) in [6.45, 7) is 11.7. The van der Waals surface area contributed by atoms with E-state index < -0.39 is 0 Å². The molecule has 114 valence electrons. The molecule has 0 bridgehead atoms. The van der Waals surface area contributed by atoms with Crippen molar-refractivity contribution in [2.24, 2.45) is 22.7 Å². The van der Waals surface area contributed by atoms with Crippen molar-refractivity contribution in [3.63, 3.8) is 0 Å². The molecule has 2 aliphatic rings. The van der Waals surface area contributed by atoms with Crippen LogP contribution >= 0.6 is 23.5 Å². The molecule has 3 unspecified atom stereocenters. The van der Waals surface area contributed by atoms with Crippen molar-refractivity contribution in [1.82, 2.24) is 0 Å². The zero-order valence-corrected chi connectivity index (χ0v) is 15.4. The second kappa shape index (κ2) is 6.57. The summed E-state index contributed by atoms with van der Waals surface area (Å²) in [5.41, 5.74) is 0.696. The SMILES string of the molecule is CC#CC1(C)CCC(C(C)(C)C)CC1C1SCCCS1. The Morgan fingerprint density at radius 3 is 2.35 bits per heavy atom. The molecule has 1 saturated heterocycles. The van der Waals surface area contributed by atoms with Crippen LogP contribution in [0.25, 0.3) is 0 Å². The molecule has 0 aromatic heterocycles. The number of rotatable bonds is 1. The minimum Gasteiger partial charge on any atom is -0.147 e. The van der Waals surface area contributed by atoms with E-state index in [9.17, 15) is 0 Å². The van der Waals surface area contributed by atoms with Gasteiger partial charge in [0.25, 0.3) is 0 Å². The zero-order chi connectivity index (χ0) is 14.8. The summed E-state index contributed by atoms with van der Waals surface area (Å²) in [7, 11) is 0. The molecule has 2 heteroatoms. The fourth-order valence-corrected chi connectivity index (χ4v) is 7.24. The molecule has 20 heavy (non-hydrogen) atoms. The van der Waals surface area contributed by atoms with Gasteiger partial charge in [0, 0.05) is 5.41 Å². The molecule has 2 rings (SSSR count). The third-order valence-corrected chi connectivity index (χ3v) is 8.37. The smallest absolute Gasteiger partial charge is 0.0545 e. The standard InChI is InChI=1S/C18H30S2/c1-6-9-18(5)10-8-14(17(2,3)4)13-15(18)16-19-11-7-12-20-16/h14-16H,7-8,10-13H2,1-5H3. The van der Waals surface area contributed by atoms with Gasteiger partial charge in [-0.25, -0.2) is 0 Å². The van der Waals surface area contributed by atoms with E-state index in [4.69, 9.17) is 0 Å². The maximum Gasteiger partial charge on any atom is 0.0545 e. The Labute approximate surface area is 134 Å². The van der Waals surface area contributed by atoms with Crippen LogP contribution in [0, 0.1) is 34.5 Å². The van der Waals surface area contributed by atoms with Gasteiger partial charge in [-0.15, -0.1) is 29.4 Å². The van der Waals surface area contributed by atoms with Gasteiger partial charge in [-0.05, 0) is 68.3 Å². The minimum atomic E-state index is 0.249. The molecule has 3 atom stereocenters. The van der Waals surface area contributed by atoms with Crippen LogP contribution < -0.4 is 0 Å². The molecule has 1 heterocycles. The van der Waals surface area contributed by atoms with Crippen molar-refractivity contribution >= 4 is 23.5 Å². The Morgan fingerprint density at radius 2 is 1.80 bits per heavy atom. The van der Waals surface area contributed by atoms with Gasteiger partial charge in [-0.1, -0.05) is 26.7 Å². The first kappa shape index (κ1) is 16.6. The van der Waals surface area contributed by atoms with Crippen LogP contribution in [0.4, 0.5) is 0 Å². The Hall–Kier alpha value is 0.260. The lowest BCUT2D eigenvalue weighted by molar-refractivity contribution is 0.0798. The molecular weight excluding hydrogens is 280 g/mol. The van der Waals surface area contributed by atoms with Crippen molar-refractivity contribution in [3.8, 4) is 11.8 Å². The van der Waals surface area contributed by atoms with Crippen LogP contribution in [-0.4, -0.2) is 16.1 Å². The van der Waals surface area contributed by atoms with E-state index in [1.165, 1.54) is 37.2 Å². The predicted molar refractivity (Wildman–Crippen MR) is 95.2 cm³/mol. The molecule has 0 radical (unpaired) electrons. The maximum absolute atomic E-state index is 3.60. The highest BCUT2D eigenvalue weighted by Gasteiger charge is 2.46. The Morgan fingerprint density at radius 1 is 1.15 bits per heavy atom. The first-order valence-corrected chi connectivity index (χ1v) is 10.1. The van der Waals surface area contributed by atoms with Crippen molar-refractivity contribution < 1.29 is 0 Å². The molecular formula is C18H30S2. The summed E-state index contributed by atoms with van der Waals surface area (Å²) < 4.78 is 0.778. The lowest BCUT2D eigenvalue weighted by atomic mass is 9.60. The van der Waals surface area contributed by atoms with Gasteiger partial charge < -0.3 is 0 Å². The zero-order valence-electron chi connectivity index (χ0n) is 13.8. The Kier molecular flexibility index (Phi) is 5.46. The van der Waals surface area contributed by atoms with Gasteiger partial charge in [0.2, 0.25) is 0 Å². The predicted octanol–water partition coefficient (Wildman–Crippen LogP) is 5.67. The largest absolute Gasteiger partial charge is 0.147 e. The highest BCUT2D eigenvalue weighted by molar-refractivity contribution is 8.17. The van der Waals surface area contributed by atoms with Crippen LogP contribution in [0.3, 0.4) is 0 Å². The van der Waals surface area contributed by atoms with Gasteiger partial charge in [0.1, 0.15) is 0 Å². The summed E-state index contributed by atoms with van der Waals surface area (Å²) in [6, 6.07) is 0. The second-order valence-electron chi connectivity index (χ2n) is 7.70. The van der Waals surface area contributed by atoms with E-state index >= 15 is 0 Å². The third-order valence-electron chi connectivity index (χ3n) is 5.19. The molecule has 0 nitrogen and oxygen atoms in total. The van der Waals surface area contributed by atoms with E-state index in [1.54, 1.807) is 0 Å². The number of thioether (sulfide) groups is 2. The van der Waals surface area contributed by atoms with Crippen molar-refractivity contribution in [1.29, 1.82) is 0 Å². The summed E-state index contributed by atoms with van der Waals surface area (Å²) in [5.74, 6) is 11.2. The lowest BCUT2D eigenvalue weighted by Gasteiger charge is -2.48. The van der Waals surface area contributed by atoms with E-state index in [-0.39, 0.29) is 5.41 Å². The third kappa shape index (κ3) is 3.72. The summed E-state index contributed by atoms with van der Waals surface area (Å²) >= 11 is 4.41. The molecule has 0 spiro atoms. The quantitative estimate of drug-likeness (QED) is 0.572. The van der Waals surface area contributed by atoms with Crippen molar-refractivity contribution in [2.45, 2.75) is 64.9 Å². The highest BCUT2D eigenvalue weighted by atomic mass is 32.2. The lowest BCUT2D eigenvalue weighted by Crippen LogP contribution is -2.42. The normalized spacial score (nSPS) is 36.2. The molecule has 2 fully saturated rings. The van der Waals surface area contributed by atoms with Gasteiger partial charge in [0.15, 0.2) is 0 Å². The molecule has 0 N–H and O–H groups in total. The van der Waals surface area contributed by atoms with Crippen LogP contribution in [0.1, 0.15) is 60.3 Å². The molecule has 1 aliphatic heterocycles. The van der Waals surface area contributed by atoms with Crippen LogP contribution in [0.15, 0.2) is 0 Å². The van der Waals surface area contributed by atoms with E-state index in [2.05, 4.69) is 63.1 Å². The molecule has 0 aromatic rings. The average molecular weight is 311 g/mol. The van der Waals surface area contributed by atoms with Gasteiger partial charge >= 0.3 is 0 Å². The summed E-state index contributed by atoms with van der Waals surface area (Å²) in [6.07, 6.45) is 5.40. The summed E-state index contributed by atoms with van der Waals surface area (Å²) in [5, 5.41) is 0. The van der Waals surface area contributed by atoms with E-state index in [0.29, 0.717) is 5.41 Å². The van der Waals surface area contributed by atoms with Crippen LogP contribution in [-0.2, 0) is 0 Å². The monoisotopic (exact) mass is 310 g/mol. The first-order chi connectivity index (χ1) is 9.37. The maximum atomic E-state index is 3.60. The highest BCUT2D eigenvalue weighted by Crippen LogP contribution is 2.54. The fraction of sp³-hybridized carbons (Fsp3) is 0.889. The van der Waals surface area contributed by atoms with Gasteiger partial charge in [0.05, 0.1) is 4.58 Å². The number of hydrogen-bond donors (Lipinski definition) is 0. The van der Waals surface area contributed by atoms with Gasteiger partial charge in [-0.3, -0.25) is 0 Å². The fourth-order valence-electron chi connectivity index (χ4n) is 3.72. The summed E-state index contributed by atoms with van der Waals surface area (Å²) in [4.78, 5) is 0. The van der Waals surface area contributed by atoms with Gasteiger partial charge in [-0.2, -0.15) is 0 Å². The second-order valence-corrected chi connectivity index (χ2v) is 10.5. The first-order valence-electron chi connectivity index (χ1n) is 8.04. The molecule has 0 aromatic carbocycles. The van der Waals surface area contributed by atoms with Crippen LogP contribution in [0.2, 0.25) is 0 Å². The van der Waals surface area contributed by atoms with Crippen LogP contribution in [0.5, 0.6) is 0 Å². The minimum absolute atomic E-state index is 0.249. The Bertz CT molecular complexity index is 378. The molecule has 0 amide bonds.